The van der Waals surface area contributed by atoms with Crippen molar-refractivity contribution in [2.24, 2.45) is 0 Å². The largest absolute Gasteiger partial charge is 0.394 e. The average Bonchev–Trinajstić information content (AvgIpc) is 2.25. The van der Waals surface area contributed by atoms with Crippen molar-refractivity contribution in [1.82, 2.24) is 0 Å². The number of aliphatic hydroxyl groups is 2. The summed E-state index contributed by atoms with van der Waals surface area (Å²) in [6.45, 7) is 6.38. The number of hydrogen-bond acceptors (Lipinski definition) is 3. The third kappa shape index (κ3) is 4.16. The molecule has 0 aliphatic heterocycles. The summed E-state index contributed by atoms with van der Waals surface area (Å²) in [6.07, 6.45) is -0.632. The van der Waals surface area contributed by atoms with Crippen LogP contribution in [-0.4, -0.2) is 28.7 Å². The molecule has 0 aliphatic carbocycles. The van der Waals surface area contributed by atoms with Gasteiger partial charge in [-0.2, -0.15) is 0 Å². The van der Waals surface area contributed by atoms with E-state index in [0.29, 0.717) is 5.75 Å². The highest BCUT2D eigenvalue weighted by Gasteiger charge is 2.13. The van der Waals surface area contributed by atoms with Gasteiger partial charge in [-0.3, -0.25) is 0 Å². The summed E-state index contributed by atoms with van der Waals surface area (Å²) in [6, 6.07) is 8.37. The molecule has 1 unspecified atom stereocenters. The molecule has 0 aromatic heterocycles. The van der Waals surface area contributed by atoms with Crippen molar-refractivity contribution in [2.45, 2.75) is 37.2 Å². The maximum Gasteiger partial charge on any atom is 0.0864 e. The monoisotopic (exact) mass is 240 g/mol. The molecule has 0 spiro atoms. The summed E-state index contributed by atoms with van der Waals surface area (Å²) in [5, 5.41) is 17.9. The van der Waals surface area contributed by atoms with Crippen LogP contribution < -0.4 is 0 Å². The Kier molecular flexibility index (Phi) is 4.84. The Morgan fingerprint density at radius 2 is 1.75 bits per heavy atom. The molecule has 0 radical (unpaired) electrons. The normalized spacial score (nSPS) is 13.8. The Morgan fingerprint density at radius 3 is 2.19 bits per heavy atom. The second-order valence-electron chi connectivity index (χ2n) is 4.92. The minimum atomic E-state index is -0.632. The average molecular weight is 240 g/mol. The van der Waals surface area contributed by atoms with Gasteiger partial charge >= 0.3 is 0 Å². The molecule has 2 nitrogen and oxygen atoms in total. The predicted molar refractivity (Wildman–Crippen MR) is 69.0 cm³/mol. The molecule has 0 heterocycles. The minimum absolute atomic E-state index is 0.174. The van der Waals surface area contributed by atoms with Crippen LogP contribution in [0.4, 0.5) is 0 Å². The van der Waals surface area contributed by atoms with Gasteiger partial charge < -0.3 is 10.2 Å². The van der Waals surface area contributed by atoms with Crippen LogP contribution in [-0.2, 0) is 5.41 Å². The molecule has 1 rings (SSSR count). The predicted octanol–water partition coefficient (Wildman–Crippen LogP) is 2.43. The lowest BCUT2D eigenvalue weighted by molar-refractivity contribution is 0.113. The minimum Gasteiger partial charge on any atom is -0.394 e. The first-order valence-corrected chi connectivity index (χ1v) is 6.44. The van der Waals surface area contributed by atoms with E-state index in [9.17, 15) is 5.11 Å². The van der Waals surface area contributed by atoms with Crippen LogP contribution in [0.5, 0.6) is 0 Å². The highest BCUT2D eigenvalue weighted by Crippen LogP contribution is 2.25. The van der Waals surface area contributed by atoms with Crippen LogP contribution in [0.15, 0.2) is 29.2 Å². The van der Waals surface area contributed by atoms with Gasteiger partial charge in [0.1, 0.15) is 0 Å². The molecule has 1 aromatic rings. The molecule has 1 atom stereocenters. The van der Waals surface area contributed by atoms with Gasteiger partial charge in [-0.25, -0.2) is 0 Å². The standard InChI is InChI=1S/C13H20O2S/c1-13(2,3)10-4-6-12(7-5-10)16-9-11(15)8-14/h4-7,11,14-15H,8-9H2,1-3H3. The third-order valence-corrected chi connectivity index (χ3v) is 3.53. The molecular formula is C13H20O2S. The van der Waals surface area contributed by atoms with Crippen LogP contribution in [0.3, 0.4) is 0 Å². The van der Waals surface area contributed by atoms with Crippen molar-refractivity contribution in [3.05, 3.63) is 29.8 Å². The van der Waals surface area contributed by atoms with Crippen LogP contribution in [0.1, 0.15) is 26.3 Å². The van der Waals surface area contributed by atoms with E-state index in [0.717, 1.165) is 4.90 Å². The van der Waals surface area contributed by atoms with Gasteiger partial charge in [-0.05, 0) is 23.1 Å². The molecule has 0 aliphatic rings. The summed E-state index contributed by atoms with van der Waals surface area (Å²) in [5.74, 6) is 0.533. The third-order valence-electron chi connectivity index (χ3n) is 2.37. The molecular weight excluding hydrogens is 220 g/mol. The van der Waals surface area contributed by atoms with Gasteiger partial charge in [0.15, 0.2) is 0 Å². The van der Waals surface area contributed by atoms with Crippen LogP contribution in [0.25, 0.3) is 0 Å². The summed E-state index contributed by atoms with van der Waals surface area (Å²) in [7, 11) is 0. The van der Waals surface area contributed by atoms with Crippen molar-refractivity contribution in [2.75, 3.05) is 12.4 Å². The van der Waals surface area contributed by atoms with Gasteiger partial charge in [0.2, 0.25) is 0 Å². The molecule has 3 heteroatoms. The van der Waals surface area contributed by atoms with Gasteiger partial charge in [0, 0.05) is 10.6 Å². The number of hydrogen-bond donors (Lipinski definition) is 2. The van der Waals surface area contributed by atoms with Crippen LogP contribution in [0, 0.1) is 0 Å². The molecule has 0 fully saturated rings. The Hall–Kier alpha value is -0.510. The Balaban J connectivity index is 2.58. The zero-order valence-electron chi connectivity index (χ0n) is 10.1. The van der Waals surface area contributed by atoms with Gasteiger partial charge in [-0.15, -0.1) is 11.8 Å². The quantitative estimate of drug-likeness (QED) is 0.794. The van der Waals surface area contributed by atoms with Crippen LogP contribution in [0.2, 0.25) is 0 Å². The van der Waals surface area contributed by atoms with Crippen molar-refractivity contribution in [1.29, 1.82) is 0 Å². The molecule has 0 amide bonds. The van der Waals surface area contributed by atoms with Crippen molar-refractivity contribution in [3.8, 4) is 0 Å². The lowest BCUT2D eigenvalue weighted by Crippen LogP contribution is -2.14. The lowest BCUT2D eigenvalue weighted by Gasteiger charge is -2.19. The molecule has 0 saturated carbocycles. The first-order chi connectivity index (χ1) is 7.43. The smallest absolute Gasteiger partial charge is 0.0864 e. The Morgan fingerprint density at radius 1 is 1.19 bits per heavy atom. The molecule has 2 N–H and O–H groups in total. The molecule has 16 heavy (non-hydrogen) atoms. The van der Waals surface area contributed by atoms with E-state index < -0.39 is 6.10 Å². The molecule has 0 saturated heterocycles. The summed E-state index contributed by atoms with van der Waals surface area (Å²) < 4.78 is 0. The van der Waals surface area contributed by atoms with Crippen molar-refractivity contribution in [3.63, 3.8) is 0 Å². The number of aliphatic hydroxyl groups excluding tert-OH is 2. The summed E-state index contributed by atoms with van der Waals surface area (Å²) >= 11 is 1.56. The second-order valence-corrected chi connectivity index (χ2v) is 6.02. The van der Waals surface area contributed by atoms with E-state index >= 15 is 0 Å². The first kappa shape index (κ1) is 13.6. The highest BCUT2D eigenvalue weighted by molar-refractivity contribution is 7.99. The highest BCUT2D eigenvalue weighted by atomic mass is 32.2. The summed E-state index contributed by atoms with van der Waals surface area (Å²) in [4.78, 5) is 1.13. The van der Waals surface area contributed by atoms with E-state index in [1.165, 1.54) is 5.56 Å². The Labute approximate surface area is 102 Å². The fraction of sp³-hybridized carbons (Fsp3) is 0.538. The SMILES string of the molecule is CC(C)(C)c1ccc(SCC(O)CO)cc1. The van der Waals surface area contributed by atoms with Gasteiger partial charge in [0.05, 0.1) is 12.7 Å². The zero-order valence-corrected chi connectivity index (χ0v) is 10.9. The summed E-state index contributed by atoms with van der Waals surface area (Å²) in [5.41, 5.74) is 1.48. The number of thioether (sulfide) groups is 1. The van der Waals surface area contributed by atoms with E-state index in [1.807, 2.05) is 0 Å². The van der Waals surface area contributed by atoms with E-state index in [2.05, 4.69) is 45.0 Å². The van der Waals surface area contributed by atoms with Gasteiger partial charge in [-0.1, -0.05) is 32.9 Å². The van der Waals surface area contributed by atoms with Crippen LogP contribution >= 0.6 is 11.8 Å². The van der Waals surface area contributed by atoms with Crippen molar-refractivity contribution >= 4 is 11.8 Å². The number of rotatable bonds is 4. The Bertz CT molecular complexity index is 314. The molecule has 1 aromatic carbocycles. The first-order valence-electron chi connectivity index (χ1n) is 5.46. The van der Waals surface area contributed by atoms with Crippen molar-refractivity contribution < 1.29 is 10.2 Å². The van der Waals surface area contributed by atoms with Gasteiger partial charge in [0.25, 0.3) is 0 Å². The fourth-order valence-electron chi connectivity index (χ4n) is 1.30. The fourth-order valence-corrected chi connectivity index (χ4v) is 2.12. The topological polar surface area (TPSA) is 40.5 Å². The molecule has 0 bridgehead atoms. The van der Waals surface area contributed by atoms with E-state index in [1.54, 1.807) is 11.8 Å². The maximum atomic E-state index is 9.23. The van der Waals surface area contributed by atoms with E-state index in [-0.39, 0.29) is 12.0 Å². The maximum absolute atomic E-state index is 9.23. The second kappa shape index (κ2) is 5.71. The molecule has 90 valence electrons. The zero-order chi connectivity index (χ0) is 12.2. The number of benzene rings is 1. The lowest BCUT2D eigenvalue weighted by atomic mass is 9.87. The van der Waals surface area contributed by atoms with E-state index in [4.69, 9.17) is 5.11 Å².